The zero-order chi connectivity index (χ0) is 13.6. The van der Waals surface area contributed by atoms with Crippen LogP contribution in [0.15, 0.2) is 18.2 Å². The van der Waals surface area contributed by atoms with Gasteiger partial charge in [0.05, 0.1) is 16.6 Å². The number of nitrogens with zero attached hydrogens (tertiary/aromatic N) is 2. The minimum atomic E-state index is -0.487. The molecule has 1 aliphatic rings. The van der Waals surface area contributed by atoms with E-state index in [1.807, 2.05) is 19.1 Å². The standard InChI is InChI=1S/C13H13N3O2S/c1-7-3-4-8-10(5-7)19-13(14-8)15-9-6-11(17)16(2)12(9)18/h3-5,9H,6H2,1-2H3,(H,14,15). The second kappa shape index (κ2) is 4.31. The number of nitrogens with one attached hydrogen (secondary N) is 1. The molecule has 5 nitrogen and oxygen atoms in total. The fraction of sp³-hybridized carbons (Fsp3) is 0.308. The van der Waals surface area contributed by atoms with Crippen molar-refractivity contribution in [2.75, 3.05) is 12.4 Å². The summed E-state index contributed by atoms with van der Waals surface area (Å²) < 4.78 is 1.08. The normalized spacial score (nSPS) is 19.5. The van der Waals surface area contributed by atoms with E-state index in [1.54, 1.807) is 0 Å². The molecule has 1 unspecified atom stereocenters. The highest BCUT2D eigenvalue weighted by Gasteiger charge is 2.36. The molecule has 19 heavy (non-hydrogen) atoms. The lowest BCUT2D eigenvalue weighted by Gasteiger charge is -2.09. The minimum Gasteiger partial charge on any atom is -0.349 e. The van der Waals surface area contributed by atoms with Crippen LogP contribution in [0.25, 0.3) is 10.2 Å². The lowest BCUT2D eigenvalue weighted by molar-refractivity contribution is -0.136. The van der Waals surface area contributed by atoms with E-state index in [2.05, 4.69) is 16.4 Å². The van der Waals surface area contributed by atoms with E-state index in [4.69, 9.17) is 0 Å². The van der Waals surface area contributed by atoms with Gasteiger partial charge >= 0.3 is 0 Å². The van der Waals surface area contributed by atoms with Gasteiger partial charge in [0.1, 0.15) is 6.04 Å². The molecular weight excluding hydrogens is 262 g/mol. The first-order valence-electron chi connectivity index (χ1n) is 5.99. The predicted octanol–water partition coefficient (Wildman–Crippen LogP) is 1.77. The van der Waals surface area contributed by atoms with Gasteiger partial charge in [-0.3, -0.25) is 14.5 Å². The largest absolute Gasteiger partial charge is 0.349 e. The number of benzene rings is 1. The highest BCUT2D eigenvalue weighted by atomic mass is 32.1. The molecule has 1 aromatic carbocycles. The molecule has 0 saturated carbocycles. The van der Waals surface area contributed by atoms with Gasteiger partial charge < -0.3 is 5.32 Å². The quantitative estimate of drug-likeness (QED) is 0.849. The Morgan fingerprint density at radius 2 is 2.21 bits per heavy atom. The van der Waals surface area contributed by atoms with Gasteiger partial charge in [-0.2, -0.15) is 0 Å². The molecule has 2 aromatic rings. The Balaban J connectivity index is 1.86. The van der Waals surface area contributed by atoms with Gasteiger partial charge in [-0.1, -0.05) is 17.4 Å². The van der Waals surface area contributed by atoms with Crippen molar-refractivity contribution < 1.29 is 9.59 Å². The molecule has 6 heteroatoms. The van der Waals surface area contributed by atoms with Gasteiger partial charge in [-0.15, -0.1) is 0 Å². The first-order chi connectivity index (χ1) is 9.04. The summed E-state index contributed by atoms with van der Waals surface area (Å²) in [5.41, 5.74) is 2.08. The van der Waals surface area contributed by atoms with Crippen molar-refractivity contribution in [2.45, 2.75) is 19.4 Å². The number of carbonyl (C=O) groups is 2. The number of carbonyl (C=O) groups excluding carboxylic acids is 2. The number of hydrogen-bond donors (Lipinski definition) is 1. The molecule has 1 saturated heterocycles. The predicted molar refractivity (Wildman–Crippen MR) is 74.2 cm³/mol. The maximum Gasteiger partial charge on any atom is 0.251 e. The first-order valence-corrected chi connectivity index (χ1v) is 6.80. The van der Waals surface area contributed by atoms with Gasteiger partial charge in [0.2, 0.25) is 5.91 Å². The van der Waals surface area contributed by atoms with E-state index >= 15 is 0 Å². The third-order valence-corrected chi connectivity index (χ3v) is 4.17. The Kier molecular flexibility index (Phi) is 2.74. The molecule has 98 valence electrons. The number of aromatic nitrogens is 1. The van der Waals surface area contributed by atoms with E-state index in [0.717, 1.165) is 15.1 Å². The van der Waals surface area contributed by atoms with E-state index in [-0.39, 0.29) is 18.2 Å². The van der Waals surface area contributed by atoms with Crippen molar-refractivity contribution in [3.05, 3.63) is 23.8 Å². The number of aryl methyl sites for hydroxylation is 1. The van der Waals surface area contributed by atoms with Gasteiger partial charge in [-0.25, -0.2) is 4.98 Å². The monoisotopic (exact) mass is 275 g/mol. The van der Waals surface area contributed by atoms with Crippen LogP contribution in [0.3, 0.4) is 0 Å². The molecule has 1 aliphatic heterocycles. The maximum absolute atomic E-state index is 11.8. The van der Waals surface area contributed by atoms with Crippen LogP contribution in [0.5, 0.6) is 0 Å². The third kappa shape index (κ3) is 2.08. The smallest absolute Gasteiger partial charge is 0.251 e. The molecule has 1 fully saturated rings. The second-order valence-electron chi connectivity index (χ2n) is 4.68. The topological polar surface area (TPSA) is 62.3 Å². The maximum atomic E-state index is 11.8. The molecule has 0 spiro atoms. The number of hydrogen-bond acceptors (Lipinski definition) is 5. The molecule has 2 amide bonds. The van der Waals surface area contributed by atoms with Crippen molar-refractivity contribution >= 4 is 38.5 Å². The van der Waals surface area contributed by atoms with Crippen molar-refractivity contribution in [3.8, 4) is 0 Å². The van der Waals surface area contributed by atoms with Gasteiger partial charge in [0, 0.05) is 7.05 Å². The van der Waals surface area contributed by atoms with Crippen LogP contribution in [-0.2, 0) is 9.59 Å². The van der Waals surface area contributed by atoms with Gasteiger partial charge in [0.15, 0.2) is 5.13 Å². The number of fused-ring (bicyclic) bond motifs is 1. The Morgan fingerprint density at radius 1 is 1.42 bits per heavy atom. The molecule has 1 aromatic heterocycles. The van der Waals surface area contributed by atoms with Crippen LogP contribution >= 0.6 is 11.3 Å². The lowest BCUT2D eigenvalue weighted by atomic mass is 10.2. The summed E-state index contributed by atoms with van der Waals surface area (Å²) in [6, 6.07) is 5.54. The highest BCUT2D eigenvalue weighted by Crippen LogP contribution is 2.28. The van der Waals surface area contributed by atoms with Crippen LogP contribution in [-0.4, -0.2) is 34.8 Å². The molecule has 3 rings (SSSR count). The summed E-state index contributed by atoms with van der Waals surface area (Å²) in [6.07, 6.45) is 0.199. The van der Waals surface area contributed by atoms with Crippen LogP contribution < -0.4 is 5.32 Å². The molecule has 0 bridgehead atoms. The Labute approximate surface area is 114 Å². The van der Waals surface area contributed by atoms with Crippen LogP contribution in [0.1, 0.15) is 12.0 Å². The Morgan fingerprint density at radius 3 is 2.89 bits per heavy atom. The SMILES string of the molecule is Cc1ccc2nc(NC3CC(=O)N(C)C3=O)sc2c1. The average Bonchev–Trinajstić information content (AvgIpc) is 2.86. The number of amides is 2. The number of thiazole rings is 1. The molecular formula is C13H13N3O2S. The summed E-state index contributed by atoms with van der Waals surface area (Å²) in [5, 5.41) is 3.74. The highest BCUT2D eigenvalue weighted by molar-refractivity contribution is 7.22. The number of likely N-dealkylation sites (N-methyl/N-ethyl adjacent to an activating group) is 1. The second-order valence-corrected chi connectivity index (χ2v) is 5.71. The number of imide groups is 1. The minimum absolute atomic E-state index is 0.153. The molecule has 2 heterocycles. The summed E-state index contributed by atoms with van der Waals surface area (Å²) >= 11 is 1.50. The van der Waals surface area contributed by atoms with Gasteiger partial charge in [-0.05, 0) is 24.6 Å². The van der Waals surface area contributed by atoms with Crippen LogP contribution in [0.4, 0.5) is 5.13 Å². The fourth-order valence-electron chi connectivity index (χ4n) is 2.11. The zero-order valence-electron chi connectivity index (χ0n) is 10.6. The van der Waals surface area contributed by atoms with E-state index in [9.17, 15) is 9.59 Å². The number of rotatable bonds is 2. The summed E-state index contributed by atoms with van der Waals surface area (Å²) in [5.74, 6) is -0.347. The van der Waals surface area contributed by atoms with Crippen molar-refractivity contribution in [1.82, 2.24) is 9.88 Å². The fourth-order valence-corrected chi connectivity index (χ4v) is 3.13. The third-order valence-electron chi connectivity index (χ3n) is 3.22. The first kappa shape index (κ1) is 12.1. The van der Waals surface area contributed by atoms with E-state index in [0.29, 0.717) is 5.13 Å². The van der Waals surface area contributed by atoms with E-state index < -0.39 is 6.04 Å². The summed E-state index contributed by atoms with van der Waals surface area (Å²) in [6.45, 7) is 2.03. The van der Waals surface area contributed by atoms with Crippen LogP contribution in [0.2, 0.25) is 0 Å². The zero-order valence-corrected chi connectivity index (χ0v) is 11.5. The molecule has 0 aliphatic carbocycles. The average molecular weight is 275 g/mol. The number of anilines is 1. The Bertz CT molecular complexity index is 680. The van der Waals surface area contributed by atoms with Gasteiger partial charge in [0.25, 0.3) is 5.91 Å². The molecule has 0 radical (unpaired) electrons. The molecule has 1 N–H and O–H groups in total. The van der Waals surface area contributed by atoms with Crippen LogP contribution in [0, 0.1) is 6.92 Å². The van der Waals surface area contributed by atoms with Crippen molar-refractivity contribution in [3.63, 3.8) is 0 Å². The number of likely N-dealkylation sites (tertiary alicyclic amines) is 1. The Hall–Kier alpha value is -1.95. The van der Waals surface area contributed by atoms with Crippen molar-refractivity contribution in [2.24, 2.45) is 0 Å². The van der Waals surface area contributed by atoms with Crippen molar-refractivity contribution in [1.29, 1.82) is 0 Å². The molecule has 1 atom stereocenters. The summed E-state index contributed by atoms with van der Waals surface area (Å²) in [7, 11) is 1.51. The van der Waals surface area contributed by atoms with E-state index in [1.165, 1.54) is 23.9 Å². The summed E-state index contributed by atoms with van der Waals surface area (Å²) in [4.78, 5) is 28.8. The lowest BCUT2D eigenvalue weighted by Crippen LogP contribution is -2.31.